The molecule has 21 heavy (non-hydrogen) atoms. The summed E-state index contributed by atoms with van der Waals surface area (Å²) < 4.78 is 0. The van der Waals surface area contributed by atoms with E-state index in [9.17, 15) is 4.79 Å². The van der Waals surface area contributed by atoms with Crippen LogP contribution in [0.1, 0.15) is 32.6 Å². The molecule has 114 valence electrons. The standard InChI is InChI=1S/C15H23N5O/c1-11(12-5-6-12)18-15(21)19-13-4-2-9-20(10-13)14-16-7-3-8-17-14/h3,7-8,11-13H,2,4-6,9-10H2,1H3,(H2,18,19,21). The van der Waals surface area contributed by atoms with E-state index in [4.69, 9.17) is 0 Å². The Bertz CT molecular complexity index is 476. The average Bonchev–Trinajstić information content (AvgIpc) is 3.33. The first-order valence-corrected chi connectivity index (χ1v) is 7.81. The smallest absolute Gasteiger partial charge is 0.315 e. The first kappa shape index (κ1) is 14.1. The lowest BCUT2D eigenvalue weighted by Crippen LogP contribution is -2.52. The quantitative estimate of drug-likeness (QED) is 0.882. The number of amides is 2. The summed E-state index contributed by atoms with van der Waals surface area (Å²) in [6, 6.07) is 2.21. The average molecular weight is 289 g/mol. The highest BCUT2D eigenvalue weighted by Gasteiger charge is 2.29. The van der Waals surface area contributed by atoms with Crippen LogP contribution >= 0.6 is 0 Å². The number of urea groups is 1. The number of piperidine rings is 1. The molecule has 1 aromatic heterocycles. The summed E-state index contributed by atoms with van der Waals surface area (Å²) in [6.07, 6.45) is 8.04. The van der Waals surface area contributed by atoms with Crippen LogP contribution in [0.5, 0.6) is 0 Å². The van der Waals surface area contributed by atoms with Gasteiger partial charge in [0.1, 0.15) is 0 Å². The second-order valence-corrected chi connectivity index (χ2v) is 6.08. The van der Waals surface area contributed by atoms with E-state index in [0.29, 0.717) is 5.92 Å². The third kappa shape index (κ3) is 3.83. The molecule has 0 spiro atoms. The Balaban J connectivity index is 1.50. The largest absolute Gasteiger partial charge is 0.339 e. The number of rotatable bonds is 4. The number of hydrogen-bond donors (Lipinski definition) is 2. The number of anilines is 1. The van der Waals surface area contributed by atoms with Crippen LogP contribution in [0.2, 0.25) is 0 Å². The van der Waals surface area contributed by atoms with Crippen molar-refractivity contribution in [3.05, 3.63) is 18.5 Å². The van der Waals surface area contributed by atoms with Gasteiger partial charge in [0, 0.05) is 37.6 Å². The molecule has 2 aliphatic rings. The van der Waals surface area contributed by atoms with E-state index in [1.165, 1.54) is 12.8 Å². The molecular weight excluding hydrogens is 266 g/mol. The van der Waals surface area contributed by atoms with Crippen LogP contribution in [0, 0.1) is 5.92 Å². The van der Waals surface area contributed by atoms with Crippen LogP contribution in [0.15, 0.2) is 18.5 Å². The second-order valence-electron chi connectivity index (χ2n) is 6.08. The normalized spacial score (nSPS) is 23.5. The molecule has 2 heterocycles. The summed E-state index contributed by atoms with van der Waals surface area (Å²) in [5, 5.41) is 6.13. The number of nitrogens with zero attached hydrogens (tertiary/aromatic N) is 3. The predicted molar refractivity (Wildman–Crippen MR) is 81.1 cm³/mol. The lowest BCUT2D eigenvalue weighted by Gasteiger charge is -2.33. The van der Waals surface area contributed by atoms with Gasteiger partial charge in [-0.05, 0) is 44.6 Å². The molecule has 1 aliphatic heterocycles. The molecule has 2 amide bonds. The molecule has 0 radical (unpaired) electrons. The highest BCUT2D eigenvalue weighted by Crippen LogP contribution is 2.32. The Labute approximate surface area is 125 Å². The van der Waals surface area contributed by atoms with E-state index in [0.717, 1.165) is 31.9 Å². The van der Waals surface area contributed by atoms with E-state index in [1.807, 2.05) is 6.07 Å². The fraction of sp³-hybridized carbons (Fsp3) is 0.667. The van der Waals surface area contributed by atoms with Gasteiger partial charge >= 0.3 is 6.03 Å². The van der Waals surface area contributed by atoms with E-state index in [2.05, 4.69) is 32.4 Å². The predicted octanol–water partition coefficient (Wildman–Crippen LogP) is 1.54. The zero-order valence-corrected chi connectivity index (χ0v) is 12.5. The lowest BCUT2D eigenvalue weighted by molar-refractivity contribution is 0.230. The van der Waals surface area contributed by atoms with Gasteiger partial charge in [0.15, 0.2) is 0 Å². The number of carbonyl (C=O) groups is 1. The minimum absolute atomic E-state index is 0.0461. The summed E-state index contributed by atoms with van der Waals surface area (Å²) >= 11 is 0. The third-order valence-corrected chi connectivity index (χ3v) is 4.28. The molecule has 1 saturated heterocycles. The summed E-state index contributed by atoms with van der Waals surface area (Å²) in [5.74, 6) is 1.42. The van der Waals surface area contributed by atoms with Gasteiger partial charge in [-0.25, -0.2) is 14.8 Å². The van der Waals surface area contributed by atoms with Gasteiger partial charge in [-0.3, -0.25) is 0 Å². The zero-order valence-electron chi connectivity index (χ0n) is 12.5. The summed E-state index contributed by atoms with van der Waals surface area (Å²) in [7, 11) is 0. The maximum atomic E-state index is 12.0. The number of nitrogens with one attached hydrogen (secondary N) is 2. The number of aromatic nitrogens is 2. The number of carbonyl (C=O) groups excluding carboxylic acids is 1. The Hall–Kier alpha value is -1.85. The van der Waals surface area contributed by atoms with E-state index in [1.54, 1.807) is 12.4 Å². The molecule has 0 aromatic carbocycles. The second kappa shape index (κ2) is 6.28. The van der Waals surface area contributed by atoms with E-state index >= 15 is 0 Å². The molecule has 2 fully saturated rings. The van der Waals surface area contributed by atoms with Crippen molar-refractivity contribution >= 4 is 12.0 Å². The van der Waals surface area contributed by atoms with Crippen LogP contribution in [-0.4, -0.2) is 41.2 Å². The van der Waals surface area contributed by atoms with Gasteiger partial charge < -0.3 is 15.5 Å². The monoisotopic (exact) mass is 289 g/mol. The van der Waals surface area contributed by atoms with Crippen molar-refractivity contribution in [3.63, 3.8) is 0 Å². The van der Waals surface area contributed by atoms with Crippen molar-refractivity contribution in [3.8, 4) is 0 Å². The first-order valence-electron chi connectivity index (χ1n) is 7.81. The van der Waals surface area contributed by atoms with Crippen molar-refractivity contribution in [2.24, 2.45) is 5.92 Å². The molecule has 0 bridgehead atoms. The molecule has 1 saturated carbocycles. The van der Waals surface area contributed by atoms with Gasteiger partial charge in [0.25, 0.3) is 0 Å². The molecular formula is C15H23N5O. The maximum Gasteiger partial charge on any atom is 0.315 e. The Kier molecular flexibility index (Phi) is 4.22. The molecule has 6 nitrogen and oxygen atoms in total. The van der Waals surface area contributed by atoms with Gasteiger partial charge in [-0.2, -0.15) is 0 Å². The summed E-state index contributed by atoms with van der Waals surface area (Å²) in [6.45, 7) is 3.81. The maximum absolute atomic E-state index is 12.0. The third-order valence-electron chi connectivity index (χ3n) is 4.28. The molecule has 2 atom stereocenters. The minimum atomic E-state index is -0.0461. The highest BCUT2D eigenvalue weighted by atomic mass is 16.2. The SMILES string of the molecule is CC(NC(=O)NC1CCCN(c2ncccn2)C1)C1CC1. The fourth-order valence-electron chi connectivity index (χ4n) is 2.88. The minimum Gasteiger partial charge on any atom is -0.339 e. The van der Waals surface area contributed by atoms with Crippen LogP contribution in [0.3, 0.4) is 0 Å². The Morgan fingerprint density at radius 1 is 1.33 bits per heavy atom. The zero-order chi connectivity index (χ0) is 14.7. The van der Waals surface area contributed by atoms with Crippen LogP contribution in [0.4, 0.5) is 10.7 Å². The van der Waals surface area contributed by atoms with Crippen molar-refractivity contribution in [1.82, 2.24) is 20.6 Å². The Morgan fingerprint density at radius 2 is 2.10 bits per heavy atom. The van der Waals surface area contributed by atoms with Crippen molar-refractivity contribution in [1.29, 1.82) is 0 Å². The van der Waals surface area contributed by atoms with Crippen molar-refractivity contribution in [2.75, 3.05) is 18.0 Å². The molecule has 1 aromatic rings. The summed E-state index contributed by atoms with van der Waals surface area (Å²) in [4.78, 5) is 22.7. The van der Waals surface area contributed by atoms with E-state index in [-0.39, 0.29) is 18.1 Å². The van der Waals surface area contributed by atoms with Crippen LogP contribution in [-0.2, 0) is 0 Å². The number of hydrogen-bond acceptors (Lipinski definition) is 4. The fourth-order valence-corrected chi connectivity index (χ4v) is 2.88. The van der Waals surface area contributed by atoms with Gasteiger partial charge in [-0.1, -0.05) is 0 Å². The molecule has 2 unspecified atom stereocenters. The van der Waals surface area contributed by atoms with Gasteiger partial charge in [0.2, 0.25) is 5.95 Å². The Morgan fingerprint density at radius 3 is 2.81 bits per heavy atom. The van der Waals surface area contributed by atoms with Gasteiger partial charge in [0.05, 0.1) is 0 Å². The van der Waals surface area contributed by atoms with E-state index < -0.39 is 0 Å². The topological polar surface area (TPSA) is 70.2 Å². The molecule has 2 N–H and O–H groups in total. The van der Waals surface area contributed by atoms with Crippen LogP contribution < -0.4 is 15.5 Å². The molecule has 1 aliphatic carbocycles. The summed E-state index contributed by atoms with van der Waals surface area (Å²) in [5.41, 5.74) is 0. The van der Waals surface area contributed by atoms with Gasteiger partial charge in [-0.15, -0.1) is 0 Å². The van der Waals surface area contributed by atoms with Crippen molar-refractivity contribution in [2.45, 2.75) is 44.7 Å². The first-order chi connectivity index (χ1) is 10.2. The molecule has 6 heteroatoms. The lowest BCUT2D eigenvalue weighted by atomic mass is 10.1. The van der Waals surface area contributed by atoms with Crippen LogP contribution in [0.25, 0.3) is 0 Å². The highest BCUT2D eigenvalue weighted by molar-refractivity contribution is 5.74. The molecule has 3 rings (SSSR count). The van der Waals surface area contributed by atoms with Crippen molar-refractivity contribution < 1.29 is 4.79 Å².